The van der Waals surface area contributed by atoms with E-state index in [0.29, 0.717) is 5.56 Å². The molecule has 0 radical (unpaired) electrons. The fraction of sp³-hybridized carbons (Fsp3) is 0.286. The van der Waals surface area contributed by atoms with E-state index in [9.17, 15) is 9.90 Å². The maximum absolute atomic E-state index is 12.2. The van der Waals surface area contributed by atoms with Gasteiger partial charge in [-0.1, -0.05) is 24.3 Å². The zero-order valence-electron chi connectivity index (χ0n) is 9.34. The Morgan fingerprint density at radius 3 is 2.82 bits per heavy atom. The van der Waals surface area contributed by atoms with E-state index in [4.69, 9.17) is 0 Å². The average molecular weight is 227 g/mol. The number of aromatic nitrogens is 1. The highest BCUT2D eigenvalue weighted by Crippen LogP contribution is 2.34. The van der Waals surface area contributed by atoms with Crippen molar-refractivity contribution in [2.24, 2.45) is 5.92 Å². The van der Waals surface area contributed by atoms with Crippen molar-refractivity contribution in [3.8, 4) is 0 Å². The zero-order chi connectivity index (χ0) is 11.8. The van der Waals surface area contributed by atoms with Crippen LogP contribution >= 0.6 is 0 Å². The van der Waals surface area contributed by atoms with Crippen LogP contribution < -0.4 is 0 Å². The lowest BCUT2D eigenvalue weighted by Gasteiger charge is -2.09. The summed E-state index contributed by atoms with van der Waals surface area (Å²) in [5.41, 5.74) is 0.530. The lowest BCUT2D eigenvalue weighted by Crippen LogP contribution is -2.22. The molecule has 1 aliphatic carbocycles. The molecule has 1 fully saturated rings. The molecule has 3 nitrogen and oxygen atoms in total. The first-order valence-corrected chi connectivity index (χ1v) is 5.82. The van der Waals surface area contributed by atoms with Crippen LogP contribution in [0.1, 0.15) is 23.2 Å². The van der Waals surface area contributed by atoms with Crippen molar-refractivity contribution in [3.05, 3.63) is 42.2 Å². The first kappa shape index (κ1) is 10.4. The van der Waals surface area contributed by atoms with Gasteiger partial charge in [0.2, 0.25) is 0 Å². The molecule has 0 saturated heterocycles. The van der Waals surface area contributed by atoms with Crippen LogP contribution in [0.5, 0.6) is 0 Å². The molecule has 1 aromatic carbocycles. The van der Waals surface area contributed by atoms with Gasteiger partial charge in [0.05, 0.1) is 0 Å². The van der Waals surface area contributed by atoms with Gasteiger partial charge >= 0.3 is 0 Å². The minimum absolute atomic E-state index is 0.154. The highest BCUT2D eigenvalue weighted by atomic mass is 16.3. The predicted molar refractivity (Wildman–Crippen MR) is 64.8 cm³/mol. The topological polar surface area (TPSA) is 50.2 Å². The van der Waals surface area contributed by atoms with Crippen LogP contribution in [0.3, 0.4) is 0 Å². The number of fused-ring (bicyclic) bond motifs is 1. The smallest absolute Gasteiger partial charge is 0.193 e. The number of benzene rings is 1. The SMILES string of the molecule is O=C(c1cncc2ccccc12)C(O)C1CC1. The molecule has 86 valence electrons. The van der Waals surface area contributed by atoms with Crippen molar-refractivity contribution < 1.29 is 9.90 Å². The second kappa shape index (κ2) is 3.93. The van der Waals surface area contributed by atoms with Gasteiger partial charge in [-0.15, -0.1) is 0 Å². The lowest BCUT2D eigenvalue weighted by molar-refractivity contribution is 0.0705. The predicted octanol–water partition coefficient (Wildman–Crippen LogP) is 2.19. The Balaban J connectivity index is 2.07. The first-order chi connectivity index (χ1) is 8.27. The summed E-state index contributed by atoms with van der Waals surface area (Å²) in [6, 6.07) is 7.62. The van der Waals surface area contributed by atoms with Crippen LogP contribution in [0.4, 0.5) is 0 Å². The molecule has 1 aliphatic rings. The van der Waals surface area contributed by atoms with Gasteiger partial charge < -0.3 is 5.11 Å². The molecule has 3 rings (SSSR count). The largest absolute Gasteiger partial charge is 0.385 e. The summed E-state index contributed by atoms with van der Waals surface area (Å²) in [7, 11) is 0. The summed E-state index contributed by atoms with van der Waals surface area (Å²) >= 11 is 0. The first-order valence-electron chi connectivity index (χ1n) is 5.82. The number of carbonyl (C=O) groups is 1. The van der Waals surface area contributed by atoms with Crippen molar-refractivity contribution in [1.82, 2.24) is 4.98 Å². The third-order valence-corrected chi connectivity index (χ3v) is 3.27. The molecule has 0 spiro atoms. The molecule has 1 N–H and O–H groups in total. The standard InChI is InChI=1S/C14H13NO2/c16-13(9-5-6-9)14(17)12-8-15-7-10-3-1-2-4-11(10)12/h1-4,7-9,13,16H,5-6H2. The van der Waals surface area contributed by atoms with E-state index in [-0.39, 0.29) is 11.7 Å². The van der Waals surface area contributed by atoms with E-state index >= 15 is 0 Å². The fourth-order valence-corrected chi connectivity index (χ4v) is 2.10. The van der Waals surface area contributed by atoms with Crippen LogP contribution in [-0.2, 0) is 0 Å². The molecule has 0 amide bonds. The van der Waals surface area contributed by atoms with Gasteiger partial charge in [0, 0.05) is 23.3 Å². The number of hydrogen-bond acceptors (Lipinski definition) is 3. The molecule has 1 aromatic heterocycles. The van der Waals surface area contributed by atoms with Gasteiger partial charge in [-0.2, -0.15) is 0 Å². The molecule has 1 unspecified atom stereocenters. The number of aliphatic hydroxyl groups is 1. The molecular formula is C14H13NO2. The summed E-state index contributed by atoms with van der Waals surface area (Å²) in [5.74, 6) is -0.0433. The quantitative estimate of drug-likeness (QED) is 0.818. The Bertz CT molecular complexity index is 570. The number of ketones is 1. The van der Waals surface area contributed by atoms with E-state index in [1.54, 1.807) is 12.4 Å². The Kier molecular flexibility index (Phi) is 2.41. The summed E-state index contributed by atoms with van der Waals surface area (Å²) in [6.07, 6.45) is 4.32. The third kappa shape index (κ3) is 1.83. The van der Waals surface area contributed by atoms with E-state index in [2.05, 4.69) is 4.98 Å². The van der Waals surface area contributed by atoms with E-state index in [0.717, 1.165) is 23.6 Å². The molecule has 2 aromatic rings. The van der Waals surface area contributed by atoms with Gasteiger partial charge in [0.15, 0.2) is 5.78 Å². The molecule has 1 heterocycles. The Labute approximate surface area is 99.1 Å². The number of hydrogen-bond donors (Lipinski definition) is 1. The second-order valence-electron chi connectivity index (χ2n) is 4.55. The van der Waals surface area contributed by atoms with Crippen molar-refractivity contribution in [2.75, 3.05) is 0 Å². The highest BCUT2D eigenvalue weighted by molar-refractivity contribution is 6.09. The summed E-state index contributed by atoms with van der Waals surface area (Å²) in [6.45, 7) is 0. The van der Waals surface area contributed by atoms with Crippen molar-refractivity contribution in [2.45, 2.75) is 18.9 Å². The third-order valence-electron chi connectivity index (χ3n) is 3.27. The van der Waals surface area contributed by atoms with E-state index < -0.39 is 6.10 Å². The zero-order valence-corrected chi connectivity index (χ0v) is 9.34. The van der Waals surface area contributed by atoms with Gasteiger partial charge in [-0.25, -0.2) is 0 Å². The average Bonchev–Trinajstić information content (AvgIpc) is 3.20. The Hall–Kier alpha value is -1.74. The number of aliphatic hydroxyl groups excluding tert-OH is 1. The molecule has 1 atom stereocenters. The minimum atomic E-state index is -0.859. The maximum atomic E-state index is 12.2. The summed E-state index contributed by atoms with van der Waals surface area (Å²) in [4.78, 5) is 16.2. The van der Waals surface area contributed by atoms with E-state index in [1.807, 2.05) is 24.3 Å². The van der Waals surface area contributed by atoms with Crippen LogP contribution in [0, 0.1) is 5.92 Å². The molecular weight excluding hydrogens is 214 g/mol. The maximum Gasteiger partial charge on any atom is 0.193 e. The van der Waals surface area contributed by atoms with Gasteiger partial charge in [-0.05, 0) is 24.1 Å². The summed E-state index contributed by atoms with van der Waals surface area (Å²) in [5, 5.41) is 11.7. The Morgan fingerprint density at radius 2 is 2.06 bits per heavy atom. The molecule has 0 aliphatic heterocycles. The summed E-state index contributed by atoms with van der Waals surface area (Å²) < 4.78 is 0. The molecule has 1 saturated carbocycles. The van der Waals surface area contributed by atoms with Crippen LogP contribution in [-0.4, -0.2) is 22.0 Å². The molecule has 0 bridgehead atoms. The number of Topliss-reactive ketones (excluding diaryl/α,β-unsaturated/α-hetero) is 1. The highest BCUT2D eigenvalue weighted by Gasteiger charge is 2.35. The fourth-order valence-electron chi connectivity index (χ4n) is 2.10. The Morgan fingerprint density at radius 1 is 1.29 bits per heavy atom. The molecule has 17 heavy (non-hydrogen) atoms. The second-order valence-corrected chi connectivity index (χ2v) is 4.55. The van der Waals surface area contributed by atoms with Gasteiger partial charge in [-0.3, -0.25) is 9.78 Å². The number of rotatable bonds is 3. The number of pyridine rings is 1. The molecule has 3 heteroatoms. The minimum Gasteiger partial charge on any atom is -0.385 e. The van der Waals surface area contributed by atoms with Crippen molar-refractivity contribution in [1.29, 1.82) is 0 Å². The van der Waals surface area contributed by atoms with Crippen LogP contribution in [0.15, 0.2) is 36.7 Å². The van der Waals surface area contributed by atoms with E-state index in [1.165, 1.54) is 0 Å². The number of nitrogens with zero attached hydrogens (tertiary/aromatic N) is 1. The van der Waals surface area contributed by atoms with Gasteiger partial charge in [0.25, 0.3) is 0 Å². The lowest BCUT2D eigenvalue weighted by atomic mass is 9.99. The van der Waals surface area contributed by atoms with Gasteiger partial charge in [0.1, 0.15) is 6.10 Å². The van der Waals surface area contributed by atoms with Crippen LogP contribution in [0.25, 0.3) is 10.8 Å². The normalized spacial score (nSPS) is 17.0. The van der Waals surface area contributed by atoms with Crippen molar-refractivity contribution >= 4 is 16.6 Å². The number of carbonyl (C=O) groups excluding carboxylic acids is 1. The monoisotopic (exact) mass is 227 g/mol. The van der Waals surface area contributed by atoms with Crippen LogP contribution in [0.2, 0.25) is 0 Å². The van der Waals surface area contributed by atoms with Crippen molar-refractivity contribution in [3.63, 3.8) is 0 Å².